The van der Waals surface area contributed by atoms with Gasteiger partial charge in [0.2, 0.25) is 5.91 Å². The van der Waals surface area contributed by atoms with Gasteiger partial charge in [-0.3, -0.25) is 4.79 Å². The molecule has 0 unspecified atom stereocenters. The van der Waals surface area contributed by atoms with Crippen molar-refractivity contribution in [3.63, 3.8) is 0 Å². The summed E-state index contributed by atoms with van der Waals surface area (Å²) in [5.41, 5.74) is 2.09. The molecule has 1 amide bonds. The maximum atomic E-state index is 11.6. The maximum absolute atomic E-state index is 11.6. The van der Waals surface area contributed by atoms with E-state index in [4.69, 9.17) is 0 Å². The highest BCUT2D eigenvalue weighted by atomic mass is 79.9. The van der Waals surface area contributed by atoms with Crippen molar-refractivity contribution in [3.8, 4) is 0 Å². The Hall–Kier alpha value is -0.830. The molecule has 14 heavy (non-hydrogen) atoms. The van der Waals surface area contributed by atoms with E-state index in [2.05, 4.69) is 15.9 Å². The molecule has 0 aliphatic carbocycles. The van der Waals surface area contributed by atoms with Crippen LogP contribution in [0.1, 0.15) is 12.5 Å². The van der Waals surface area contributed by atoms with E-state index in [9.17, 15) is 4.79 Å². The molecule has 0 N–H and O–H groups in total. The summed E-state index contributed by atoms with van der Waals surface area (Å²) in [7, 11) is 1.79. The lowest BCUT2D eigenvalue weighted by Crippen LogP contribution is -2.31. The third kappa shape index (κ3) is 2.58. The van der Waals surface area contributed by atoms with Gasteiger partial charge in [0.15, 0.2) is 0 Å². The molecule has 0 heterocycles. The van der Waals surface area contributed by atoms with Gasteiger partial charge < -0.3 is 4.90 Å². The maximum Gasteiger partial charge on any atom is 0.240 e. The van der Waals surface area contributed by atoms with Gasteiger partial charge in [0.1, 0.15) is 0 Å². The van der Waals surface area contributed by atoms with Gasteiger partial charge in [0.05, 0.1) is 4.83 Å². The van der Waals surface area contributed by atoms with Gasteiger partial charge in [0.25, 0.3) is 0 Å². The van der Waals surface area contributed by atoms with Gasteiger partial charge in [0, 0.05) is 12.7 Å². The number of amides is 1. The number of alkyl halides is 1. The lowest BCUT2D eigenvalue weighted by molar-refractivity contribution is -0.117. The molecule has 3 heteroatoms. The van der Waals surface area contributed by atoms with Crippen LogP contribution in [0.15, 0.2) is 24.3 Å². The fraction of sp³-hybridized carbons (Fsp3) is 0.364. The quantitative estimate of drug-likeness (QED) is 0.745. The zero-order valence-electron chi connectivity index (χ0n) is 8.62. The zero-order chi connectivity index (χ0) is 10.7. The molecule has 1 rings (SSSR count). The van der Waals surface area contributed by atoms with E-state index in [-0.39, 0.29) is 10.7 Å². The highest BCUT2D eigenvalue weighted by molar-refractivity contribution is 9.10. The molecule has 0 aromatic heterocycles. The molecule has 1 aromatic carbocycles. The van der Waals surface area contributed by atoms with E-state index < -0.39 is 0 Å². The number of rotatable bonds is 2. The van der Waals surface area contributed by atoms with Crippen LogP contribution in [0.2, 0.25) is 0 Å². The van der Waals surface area contributed by atoms with Gasteiger partial charge in [-0.25, -0.2) is 0 Å². The molecule has 2 nitrogen and oxygen atoms in total. The molecule has 0 saturated heterocycles. The number of nitrogens with zero attached hydrogens (tertiary/aromatic N) is 1. The van der Waals surface area contributed by atoms with Crippen LogP contribution in [0.25, 0.3) is 0 Å². The minimum absolute atomic E-state index is 0.0654. The van der Waals surface area contributed by atoms with Gasteiger partial charge >= 0.3 is 0 Å². The number of aryl methyl sites for hydroxylation is 1. The monoisotopic (exact) mass is 255 g/mol. The average molecular weight is 256 g/mol. The number of benzene rings is 1. The van der Waals surface area contributed by atoms with Crippen molar-refractivity contribution in [2.45, 2.75) is 18.7 Å². The van der Waals surface area contributed by atoms with E-state index >= 15 is 0 Å². The summed E-state index contributed by atoms with van der Waals surface area (Å²) in [4.78, 5) is 13.1. The summed E-state index contributed by atoms with van der Waals surface area (Å²) < 4.78 is 0. The van der Waals surface area contributed by atoms with Crippen LogP contribution < -0.4 is 4.90 Å². The minimum Gasteiger partial charge on any atom is -0.315 e. The molecule has 0 aliphatic rings. The Morgan fingerprint density at radius 2 is 2.14 bits per heavy atom. The van der Waals surface area contributed by atoms with Crippen molar-refractivity contribution in [2.75, 3.05) is 11.9 Å². The number of hydrogen-bond donors (Lipinski definition) is 0. The Morgan fingerprint density at radius 1 is 1.50 bits per heavy atom. The highest BCUT2D eigenvalue weighted by Gasteiger charge is 2.15. The van der Waals surface area contributed by atoms with Gasteiger partial charge in [-0.15, -0.1) is 0 Å². The molecule has 1 atom stereocenters. The van der Waals surface area contributed by atoms with Crippen molar-refractivity contribution in [1.82, 2.24) is 0 Å². The third-order valence-electron chi connectivity index (χ3n) is 2.06. The molecule has 0 radical (unpaired) electrons. The van der Waals surface area contributed by atoms with E-state index in [1.54, 1.807) is 11.9 Å². The topological polar surface area (TPSA) is 20.3 Å². The highest BCUT2D eigenvalue weighted by Crippen LogP contribution is 2.16. The number of halogens is 1. The second-order valence-corrected chi connectivity index (χ2v) is 4.73. The molecular weight excluding hydrogens is 242 g/mol. The third-order valence-corrected chi connectivity index (χ3v) is 2.45. The first kappa shape index (κ1) is 11.2. The molecule has 0 saturated carbocycles. The van der Waals surface area contributed by atoms with Crippen LogP contribution in [0.3, 0.4) is 0 Å². The lowest BCUT2D eigenvalue weighted by Gasteiger charge is -2.19. The standard InChI is InChI=1S/C11H14BrNO/c1-8-5-4-6-10(7-8)13(3)11(14)9(2)12/h4-7,9H,1-3H3/t9-/m0/s1. The summed E-state index contributed by atoms with van der Waals surface area (Å²) in [6.07, 6.45) is 0. The van der Waals surface area contributed by atoms with Crippen LogP contribution >= 0.6 is 15.9 Å². The second-order valence-electron chi connectivity index (χ2n) is 3.35. The molecule has 0 bridgehead atoms. The van der Waals surface area contributed by atoms with E-state index in [1.807, 2.05) is 38.1 Å². The number of hydrogen-bond acceptors (Lipinski definition) is 1. The van der Waals surface area contributed by atoms with Crippen LogP contribution in [0.4, 0.5) is 5.69 Å². The smallest absolute Gasteiger partial charge is 0.240 e. The Balaban J connectivity index is 2.89. The van der Waals surface area contributed by atoms with Crippen molar-refractivity contribution in [2.24, 2.45) is 0 Å². The summed E-state index contributed by atoms with van der Waals surface area (Å²) in [6.45, 7) is 3.84. The van der Waals surface area contributed by atoms with Crippen molar-refractivity contribution in [1.29, 1.82) is 0 Å². The Morgan fingerprint density at radius 3 is 2.64 bits per heavy atom. The van der Waals surface area contributed by atoms with Crippen LogP contribution in [0.5, 0.6) is 0 Å². The fourth-order valence-corrected chi connectivity index (χ4v) is 1.54. The normalized spacial score (nSPS) is 12.3. The second kappa shape index (κ2) is 4.60. The van der Waals surface area contributed by atoms with Gasteiger partial charge in [-0.2, -0.15) is 0 Å². The first-order valence-corrected chi connectivity index (χ1v) is 5.42. The van der Waals surface area contributed by atoms with Crippen molar-refractivity contribution < 1.29 is 4.79 Å². The van der Waals surface area contributed by atoms with Gasteiger partial charge in [-0.05, 0) is 31.5 Å². The summed E-state index contributed by atoms with van der Waals surface area (Å²) in [6, 6.07) is 7.89. The molecule has 1 aromatic rings. The van der Waals surface area contributed by atoms with Crippen molar-refractivity contribution in [3.05, 3.63) is 29.8 Å². The summed E-state index contributed by atoms with van der Waals surface area (Å²) in [5, 5.41) is 0. The van der Waals surface area contributed by atoms with Crippen LogP contribution in [-0.4, -0.2) is 17.8 Å². The molecule has 0 fully saturated rings. The van der Waals surface area contributed by atoms with Gasteiger partial charge in [-0.1, -0.05) is 28.1 Å². The van der Waals surface area contributed by atoms with E-state index in [0.29, 0.717) is 0 Å². The molecule has 0 aliphatic heterocycles. The minimum atomic E-state index is -0.145. The first-order valence-electron chi connectivity index (χ1n) is 4.50. The Bertz CT molecular complexity index is 336. The number of carbonyl (C=O) groups is 1. The molecule has 76 valence electrons. The Kier molecular flexibility index (Phi) is 3.69. The summed E-state index contributed by atoms with van der Waals surface area (Å²) in [5.74, 6) is 0.0654. The average Bonchev–Trinajstić information content (AvgIpc) is 2.15. The van der Waals surface area contributed by atoms with Crippen LogP contribution in [-0.2, 0) is 4.79 Å². The predicted molar refractivity (Wildman–Crippen MR) is 63.0 cm³/mol. The van der Waals surface area contributed by atoms with E-state index in [1.165, 1.54) is 0 Å². The van der Waals surface area contributed by atoms with E-state index in [0.717, 1.165) is 11.3 Å². The molecular formula is C11H14BrNO. The summed E-state index contributed by atoms with van der Waals surface area (Å²) >= 11 is 3.26. The number of carbonyl (C=O) groups excluding carboxylic acids is 1. The zero-order valence-corrected chi connectivity index (χ0v) is 10.2. The fourth-order valence-electron chi connectivity index (χ4n) is 1.23. The predicted octanol–water partition coefficient (Wildman–Crippen LogP) is 2.74. The molecule has 0 spiro atoms. The Labute approximate surface area is 93.0 Å². The largest absolute Gasteiger partial charge is 0.315 e. The first-order chi connectivity index (χ1) is 6.52. The van der Waals surface area contributed by atoms with Crippen LogP contribution in [0, 0.1) is 6.92 Å². The number of anilines is 1. The lowest BCUT2D eigenvalue weighted by atomic mass is 10.2. The van der Waals surface area contributed by atoms with Crippen molar-refractivity contribution >= 4 is 27.5 Å². The SMILES string of the molecule is Cc1cccc(N(C)C(=O)[C@H](C)Br)c1.